The predicted octanol–water partition coefficient (Wildman–Crippen LogP) is 3.91. The Morgan fingerprint density at radius 3 is 2.46 bits per heavy atom. The number of aromatic nitrogens is 2. The van der Waals surface area contributed by atoms with Crippen LogP contribution in [-0.4, -0.2) is 22.0 Å². The first kappa shape index (κ1) is 18.0. The van der Waals surface area contributed by atoms with Crippen molar-refractivity contribution in [2.45, 2.75) is 32.2 Å². The van der Waals surface area contributed by atoms with Crippen molar-refractivity contribution < 1.29 is 4.79 Å². The van der Waals surface area contributed by atoms with Gasteiger partial charge in [-0.2, -0.15) is 5.26 Å². The van der Waals surface area contributed by atoms with Crippen molar-refractivity contribution in [1.29, 1.82) is 5.26 Å². The summed E-state index contributed by atoms with van der Waals surface area (Å²) in [5, 5.41) is 8.88. The number of piperidine rings is 1. The number of nitrogens with zero attached hydrogens (tertiary/aromatic N) is 4. The molecule has 0 saturated carbocycles. The summed E-state index contributed by atoms with van der Waals surface area (Å²) in [6.45, 7) is 1.56. The Morgan fingerprint density at radius 1 is 1.00 bits per heavy atom. The summed E-state index contributed by atoms with van der Waals surface area (Å²) in [5.41, 5.74) is 4.97. The number of anilines is 1. The molecule has 1 fully saturated rings. The van der Waals surface area contributed by atoms with Gasteiger partial charge in [0.25, 0.3) is 0 Å². The van der Waals surface area contributed by atoms with Crippen molar-refractivity contribution in [2.75, 3.05) is 11.4 Å². The van der Waals surface area contributed by atoms with E-state index in [4.69, 9.17) is 5.26 Å². The molecular weight excluding hydrogens is 348 g/mol. The zero-order chi connectivity index (χ0) is 19.3. The Morgan fingerprint density at radius 2 is 1.75 bits per heavy atom. The zero-order valence-corrected chi connectivity index (χ0v) is 15.7. The Hall–Kier alpha value is -3.39. The summed E-state index contributed by atoms with van der Waals surface area (Å²) in [7, 11) is 0. The lowest BCUT2D eigenvalue weighted by molar-refractivity contribution is -0.119. The minimum absolute atomic E-state index is 0.223. The van der Waals surface area contributed by atoms with Gasteiger partial charge in [0.1, 0.15) is 0 Å². The summed E-state index contributed by atoms with van der Waals surface area (Å²) in [6, 6.07) is 18.0. The van der Waals surface area contributed by atoms with Crippen LogP contribution in [0.25, 0.3) is 0 Å². The molecule has 5 nitrogen and oxygen atoms in total. The van der Waals surface area contributed by atoms with E-state index in [1.807, 2.05) is 47.6 Å². The first-order chi connectivity index (χ1) is 13.7. The van der Waals surface area contributed by atoms with E-state index in [2.05, 4.69) is 33.9 Å². The van der Waals surface area contributed by atoms with Gasteiger partial charge in [0, 0.05) is 37.8 Å². The normalized spacial score (nSPS) is 14.1. The van der Waals surface area contributed by atoms with Crippen LogP contribution < -0.4 is 4.90 Å². The zero-order valence-electron chi connectivity index (χ0n) is 15.7. The second-order valence-electron chi connectivity index (χ2n) is 7.19. The number of rotatable bonds is 5. The molecule has 1 aliphatic rings. The molecule has 0 unspecified atom stereocenters. The third-order valence-electron chi connectivity index (χ3n) is 5.09. The van der Waals surface area contributed by atoms with E-state index in [9.17, 15) is 4.79 Å². The third kappa shape index (κ3) is 4.12. The Labute approximate surface area is 164 Å². The number of hydrogen-bond donors (Lipinski definition) is 0. The van der Waals surface area contributed by atoms with E-state index in [-0.39, 0.29) is 5.91 Å². The summed E-state index contributed by atoms with van der Waals surface area (Å²) in [4.78, 5) is 18.4. The highest BCUT2D eigenvalue weighted by Gasteiger charge is 2.19. The third-order valence-corrected chi connectivity index (χ3v) is 5.09. The van der Waals surface area contributed by atoms with Gasteiger partial charge in [-0.05, 0) is 48.2 Å². The van der Waals surface area contributed by atoms with Gasteiger partial charge in [0.2, 0.25) is 5.91 Å². The quantitative estimate of drug-likeness (QED) is 0.684. The van der Waals surface area contributed by atoms with Gasteiger partial charge >= 0.3 is 0 Å². The van der Waals surface area contributed by atoms with Gasteiger partial charge in [-0.15, -0.1) is 0 Å². The fraction of sp³-hybridized carbons (Fsp3) is 0.261. The van der Waals surface area contributed by atoms with E-state index in [0.29, 0.717) is 12.0 Å². The molecule has 5 heteroatoms. The van der Waals surface area contributed by atoms with Gasteiger partial charge in [-0.1, -0.05) is 24.3 Å². The highest BCUT2D eigenvalue weighted by atomic mass is 16.2. The molecule has 0 spiro atoms. The smallest absolute Gasteiger partial charge is 0.226 e. The van der Waals surface area contributed by atoms with Crippen molar-refractivity contribution >= 4 is 11.6 Å². The van der Waals surface area contributed by atoms with Crippen molar-refractivity contribution in [3.8, 4) is 6.07 Å². The maximum absolute atomic E-state index is 12.1. The molecule has 2 aromatic carbocycles. The number of benzene rings is 2. The average Bonchev–Trinajstić information content (AvgIpc) is 3.16. The lowest BCUT2D eigenvalue weighted by Crippen LogP contribution is -2.35. The maximum Gasteiger partial charge on any atom is 0.226 e. The first-order valence-corrected chi connectivity index (χ1v) is 9.60. The maximum atomic E-state index is 12.1. The highest BCUT2D eigenvalue weighted by molar-refractivity contribution is 5.93. The topological polar surface area (TPSA) is 61.9 Å². The van der Waals surface area contributed by atoms with Crippen molar-refractivity contribution in [1.82, 2.24) is 9.55 Å². The van der Waals surface area contributed by atoms with Gasteiger partial charge in [0.15, 0.2) is 0 Å². The molecule has 4 rings (SSSR count). The van der Waals surface area contributed by atoms with Crippen LogP contribution in [0.1, 0.15) is 41.6 Å². The molecule has 140 valence electrons. The van der Waals surface area contributed by atoms with Gasteiger partial charge < -0.3 is 9.47 Å². The lowest BCUT2D eigenvalue weighted by atomic mass is 10.1. The first-order valence-electron chi connectivity index (χ1n) is 9.60. The standard InChI is InChI=1S/C23H22N4O/c24-14-19-6-4-18(5-7-19)13-21-16-26(17-25-21)15-20-8-10-22(11-9-20)27-12-2-1-3-23(27)28/h4-11,16-17H,1-3,12-13,15H2. The predicted molar refractivity (Wildman–Crippen MR) is 108 cm³/mol. The fourth-order valence-corrected chi connectivity index (χ4v) is 3.56. The minimum Gasteiger partial charge on any atom is -0.333 e. The summed E-state index contributed by atoms with van der Waals surface area (Å²) in [6.07, 6.45) is 7.37. The monoisotopic (exact) mass is 370 g/mol. The van der Waals surface area contributed by atoms with Crippen LogP contribution in [0.2, 0.25) is 0 Å². The number of nitriles is 1. The number of imidazole rings is 1. The molecular formula is C23H22N4O. The summed E-state index contributed by atoms with van der Waals surface area (Å²) in [5.74, 6) is 0.223. The van der Waals surface area contributed by atoms with Crippen molar-refractivity contribution in [3.63, 3.8) is 0 Å². The number of amides is 1. The van der Waals surface area contributed by atoms with E-state index < -0.39 is 0 Å². The van der Waals surface area contributed by atoms with E-state index in [0.717, 1.165) is 49.3 Å². The molecule has 0 radical (unpaired) electrons. The molecule has 0 N–H and O–H groups in total. The number of hydrogen-bond acceptors (Lipinski definition) is 3. The second kappa shape index (κ2) is 8.10. The molecule has 1 aliphatic heterocycles. The molecule has 1 saturated heterocycles. The van der Waals surface area contributed by atoms with E-state index in [1.54, 1.807) is 0 Å². The molecule has 1 aromatic heterocycles. The van der Waals surface area contributed by atoms with E-state index in [1.165, 1.54) is 5.56 Å². The lowest BCUT2D eigenvalue weighted by Gasteiger charge is -2.26. The molecule has 0 aliphatic carbocycles. The summed E-state index contributed by atoms with van der Waals surface area (Å²) < 4.78 is 2.07. The van der Waals surface area contributed by atoms with Crippen LogP contribution in [0.4, 0.5) is 5.69 Å². The van der Waals surface area contributed by atoms with Crippen LogP contribution in [0, 0.1) is 11.3 Å². The number of carbonyl (C=O) groups is 1. The van der Waals surface area contributed by atoms with Gasteiger partial charge in [-0.25, -0.2) is 4.98 Å². The van der Waals surface area contributed by atoms with Gasteiger partial charge in [0.05, 0.1) is 23.7 Å². The number of carbonyl (C=O) groups excluding carboxylic acids is 1. The molecule has 3 aromatic rings. The fourth-order valence-electron chi connectivity index (χ4n) is 3.56. The SMILES string of the molecule is N#Cc1ccc(Cc2cn(Cc3ccc(N4CCCCC4=O)cc3)cn2)cc1. The van der Waals surface area contributed by atoms with Crippen molar-refractivity contribution in [2.24, 2.45) is 0 Å². The van der Waals surface area contributed by atoms with Crippen LogP contribution in [0.5, 0.6) is 0 Å². The Bertz CT molecular complexity index is 996. The van der Waals surface area contributed by atoms with Crippen LogP contribution >= 0.6 is 0 Å². The average molecular weight is 370 g/mol. The van der Waals surface area contributed by atoms with Crippen LogP contribution in [0.15, 0.2) is 61.1 Å². The second-order valence-corrected chi connectivity index (χ2v) is 7.19. The van der Waals surface area contributed by atoms with Crippen molar-refractivity contribution in [3.05, 3.63) is 83.4 Å². The van der Waals surface area contributed by atoms with E-state index >= 15 is 0 Å². The molecule has 0 atom stereocenters. The molecule has 1 amide bonds. The Kier molecular flexibility index (Phi) is 5.20. The van der Waals surface area contributed by atoms with Gasteiger partial charge in [-0.3, -0.25) is 4.79 Å². The molecule has 28 heavy (non-hydrogen) atoms. The highest BCUT2D eigenvalue weighted by Crippen LogP contribution is 2.21. The van der Waals surface area contributed by atoms with Crippen LogP contribution in [-0.2, 0) is 17.8 Å². The largest absolute Gasteiger partial charge is 0.333 e. The minimum atomic E-state index is 0.223. The summed E-state index contributed by atoms with van der Waals surface area (Å²) >= 11 is 0. The van der Waals surface area contributed by atoms with Crippen LogP contribution in [0.3, 0.4) is 0 Å². The molecule has 0 bridgehead atoms. The Balaban J connectivity index is 1.39. The molecule has 2 heterocycles.